The Kier molecular flexibility index (Phi) is 6.84. The van der Waals surface area contributed by atoms with Crippen molar-refractivity contribution in [2.45, 2.75) is 66.6 Å². The summed E-state index contributed by atoms with van der Waals surface area (Å²) in [7, 11) is 0. The van der Waals surface area contributed by atoms with Crippen LogP contribution in [-0.2, 0) is 6.54 Å². The Labute approximate surface area is 147 Å². The van der Waals surface area contributed by atoms with Gasteiger partial charge >= 0.3 is 0 Å². The van der Waals surface area contributed by atoms with Gasteiger partial charge in [0.2, 0.25) is 0 Å². The van der Waals surface area contributed by atoms with Gasteiger partial charge in [0.05, 0.1) is 5.69 Å². The molecule has 24 heavy (non-hydrogen) atoms. The van der Waals surface area contributed by atoms with E-state index < -0.39 is 0 Å². The van der Waals surface area contributed by atoms with Gasteiger partial charge in [0.25, 0.3) is 0 Å². The fourth-order valence-corrected chi connectivity index (χ4v) is 3.89. The lowest BCUT2D eigenvalue weighted by Gasteiger charge is -2.42. The van der Waals surface area contributed by atoms with Crippen molar-refractivity contribution in [1.29, 1.82) is 0 Å². The number of aromatic nitrogens is 2. The van der Waals surface area contributed by atoms with Crippen LogP contribution in [0.2, 0.25) is 0 Å². The van der Waals surface area contributed by atoms with E-state index in [0.717, 1.165) is 44.8 Å². The number of aryl methyl sites for hydroxylation is 1. The van der Waals surface area contributed by atoms with Gasteiger partial charge in [-0.3, -0.25) is 14.5 Å². The number of hydrogen-bond acceptors (Lipinski definition) is 4. The minimum Gasteiger partial charge on any atom is -0.396 e. The molecule has 1 aromatic heterocycles. The monoisotopic (exact) mass is 336 g/mol. The van der Waals surface area contributed by atoms with Crippen molar-refractivity contribution in [2.75, 3.05) is 32.8 Å². The molecule has 0 radical (unpaired) electrons. The molecule has 0 saturated carbocycles. The molecule has 0 aliphatic carbocycles. The summed E-state index contributed by atoms with van der Waals surface area (Å²) < 4.78 is 2.14. The van der Waals surface area contributed by atoms with Crippen LogP contribution in [-0.4, -0.2) is 63.5 Å². The van der Waals surface area contributed by atoms with Crippen molar-refractivity contribution in [3.63, 3.8) is 0 Å². The highest BCUT2D eigenvalue weighted by Gasteiger charge is 2.28. The molecule has 1 saturated heterocycles. The highest BCUT2D eigenvalue weighted by atomic mass is 16.3. The van der Waals surface area contributed by atoms with E-state index in [-0.39, 0.29) is 6.61 Å². The average molecular weight is 337 g/mol. The van der Waals surface area contributed by atoms with Crippen LogP contribution in [0.15, 0.2) is 0 Å². The summed E-state index contributed by atoms with van der Waals surface area (Å²) in [6, 6.07) is 0.870. The lowest BCUT2D eigenvalue weighted by Crippen LogP contribution is -2.53. The molecule has 5 nitrogen and oxygen atoms in total. The van der Waals surface area contributed by atoms with Crippen molar-refractivity contribution in [3.05, 3.63) is 17.0 Å². The van der Waals surface area contributed by atoms with Crippen LogP contribution in [0.4, 0.5) is 0 Å². The second-order valence-corrected chi connectivity index (χ2v) is 7.98. The molecule has 0 aromatic carbocycles. The second kappa shape index (κ2) is 8.45. The summed E-state index contributed by atoms with van der Waals surface area (Å²) in [6.45, 7) is 18.8. The molecule has 1 fully saturated rings. The Balaban J connectivity index is 2.06. The molecule has 1 N–H and O–H groups in total. The number of aliphatic hydroxyl groups is 1. The normalized spacial score (nSPS) is 20.5. The SMILES string of the molecule is Cc1nn(C(C)C)c(C)c1CN1CCN(CC(C)C)[C@@H](CCO)C1. The Hall–Kier alpha value is -0.910. The maximum Gasteiger partial charge on any atom is 0.0641 e. The molecule has 5 heteroatoms. The van der Waals surface area contributed by atoms with Crippen LogP contribution in [0.3, 0.4) is 0 Å². The minimum atomic E-state index is 0.274. The van der Waals surface area contributed by atoms with Gasteiger partial charge in [-0.2, -0.15) is 5.10 Å². The van der Waals surface area contributed by atoms with Gasteiger partial charge in [0.1, 0.15) is 0 Å². The van der Waals surface area contributed by atoms with E-state index in [4.69, 9.17) is 5.10 Å². The average Bonchev–Trinajstić information content (AvgIpc) is 2.78. The third-order valence-electron chi connectivity index (χ3n) is 5.10. The van der Waals surface area contributed by atoms with E-state index >= 15 is 0 Å². The van der Waals surface area contributed by atoms with Crippen LogP contribution >= 0.6 is 0 Å². The molecule has 138 valence electrons. The van der Waals surface area contributed by atoms with Crippen LogP contribution in [0.25, 0.3) is 0 Å². The molecule has 1 aromatic rings. The molecular weight excluding hydrogens is 300 g/mol. The smallest absolute Gasteiger partial charge is 0.0641 e. The first-order chi connectivity index (χ1) is 11.3. The van der Waals surface area contributed by atoms with Crippen molar-refractivity contribution in [3.8, 4) is 0 Å². The van der Waals surface area contributed by atoms with E-state index in [2.05, 4.69) is 56.0 Å². The summed E-state index contributed by atoms with van der Waals surface area (Å²) in [5.41, 5.74) is 3.83. The zero-order valence-corrected chi connectivity index (χ0v) is 16.4. The van der Waals surface area contributed by atoms with E-state index in [0.29, 0.717) is 18.0 Å². The molecule has 0 bridgehead atoms. The second-order valence-electron chi connectivity index (χ2n) is 7.98. The first kappa shape index (κ1) is 19.4. The first-order valence-electron chi connectivity index (χ1n) is 9.45. The standard InChI is InChI=1S/C19H36N4O/c1-14(2)11-22-9-8-21(12-18(22)7-10-24)13-19-16(5)20-23(15(3)4)17(19)6/h14-15,18,24H,7-13H2,1-6H3/t18-/m0/s1. The van der Waals surface area contributed by atoms with Gasteiger partial charge < -0.3 is 5.11 Å². The Bertz CT molecular complexity index is 524. The Morgan fingerprint density at radius 3 is 2.42 bits per heavy atom. The topological polar surface area (TPSA) is 44.5 Å². The molecule has 1 atom stereocenters. The van der Waals surface area contributed by atoms with Gasteiger partial charge in [0, 0.05) is 62.7 Å². The third kappa shape index (κ3) is 4.58. The Morgan fingerprint density at radius 1 is 1.17 bits per heavy atom. The highest BCUT2D eigenvalue weighted by Crippen LogP contribution is 2.22. The molecule has 2 heterocycles. The fourth-order valence-electron chi connectivity index (χ4n) is 3.89. The minimum absolute atomic E-state index is 0.274. The Morgan fingerprint density at radius 2 is 1.88 bits per heavy atom. The first-order valence-corrected chi connectivity index (χ1v) is 9.45. The number of aliphatic hydroxyl groups excluding tert-OH is 1. The number of hydrogen-bond donors (Lipinski definition) is 1. The molecule has 1 aliphatic rings. The fraction of sp³-hybridized carbons (Fsp3) is 0.842. The van der Waals surface area contributed by atoms with E-state index in [1.807, 2.05) is 0 Å². The molecule has 1 aliphatic heterocycles. The molecule has 0 spiro atoms. The molecule has 2 rings (SSSR count). The largest absolute Gasteiger partial charge is 0.396 e. The lowest BCUT2D eigenvalue weighted by molar-refractivity contribution is 0.0475. The summed E-state index contributed by atoms with van der Waals surface area (Å²) in [6.07, 6.45) is 0.868. The maximum absolute atomic E-state index is 9.44. The van der Waals surface area contributed by atoms with Crippen molar-refractivity contribution in [2.24, 2.45) is 5.92 Å². The van der Waals surface area contributed by atoms with Crippen molar-refractivity contribution >= 4 is 0 Å². The summed E-state index contributed by atoms with van der Waals surface area (Å²) in [5.74, 6) is 0.673. The third-order valence-corrected chi connectivity index (χ3v) is 5.10. The summed E-state index contributed by atoms with van der Waals surface area (Å²) >= 11 is 0. The molecule has 0 unspecified atom stereocenters. The summed E-state index contributed by atoms with van der Waals surface area (Å²) in [4.78, 5) is 5.10. The maximum atomic E-state index is 9.44. The van der Waals surface area contributed by atoms with Crippen LogP contribution in [0, 0.1) is 19.8 Å². The number of rotatable bonds is 7. The van der Waals surface area contributed by atoms with Gasteiger partial charge in [-0.05, 0) is 40.0 Å². The molecule has 0 amide bonds. The van der Waals surface area contributed by atoms with Crippen LogP contribution in [0.1, 0.15) is 57.1 Å². The summed E-state index contributed by atoms with van der Waals surface area (Å²) in [5, 5.41) is 14.2. The van der Waals surface area contributed by atoms with Gasteiger partial charge in [-0.1, -0.05) is 13.8 Å². The zero-order valence-electron chi connectivity index (χ0n) is 16.4. The van der Waals surface area contributed by atoms with Gasteiger partial charge in [-0.25, -0.2) is 0 Å². The number of nitrogens with zero attached hydrogens (tertiary/aromatic N) is 4. The van der Waals surface area contributed by atoms with Crippen molar-refractivity contribution in [1.82, 2.24) is 19.6 Å². The predicted molar refractivity (Wildman–Crippen MR) is 99.3 cm³/mol. The van der Waals surface area contributed by atoms with Gasteiger partial charge in [-0.15, -0.1) is 0 Å². The van der Waals surface area contributed by atoms with E-state index in [1.165, 1.54) is 11.3 Å². The van der Waals surface area contributed by atoms with E-state index in [1.54, 1.807) is 0 Å². The van der Waals surface area contributed by atoms with E-state index in [9.17, 15) is 5.11 Å². The predicted octanol–water partition coefficient (Wildman–Crippen LogP) is 2.61. The van der Waals surface area contributed by atoms with Crippen molar-refractivity contribution < 1.29 is 5.11 Å². The zero-order chi connectivity index (χ0) is 17.9. The number of piperazine rings is 1. The quantitative estimate of drug-likeness (QED) is 0.831. The lowest BCUT2D eigenvalue weighted by atomic mass is 10.0. The molecular formula is C19H36N4O. The highest BCUT2D eigenvalue weighted by molar-refractivity contribution is 5.25. The van der Waals surface area contributed by atoms with Gasteiger partial charge in [0.15, 0.2) is 0 Å². The van der Waals surface area contributed by atoms with Crippen LogP contribution in [0.5, 0.6) is 0 Å². The van der Waals surface area contributed by atoms with Crippen LogP contribution < -0.4 is 0 Å².